The van der Waals surface area contributed by atoms with Gasteiger partial charge in [0.25, 0.3) is 5.56 Å². The number of aromatic nitrogens is 4. The van der Waals surface area contributed by atoms with Crippen LogP contribution in [0, 0.1) is 5.82 Å². The molecule has 1 aliphatic heterocycles. The Labute approximate surface area is 225 Å². The maximum atomic E-state index is 14.6. The number of aromatic amines is 1. The van der Waals surface area contributed by atoms with E-state index in [1.807, 2.05) is 21.9 Å². The Morgan fingerprint density at radius 3 is 2.31 bits per heavy atom. The second-order valence-electron chi connectivity index (χ2n) is 11.1. The number of hydrogen-bond acceptors (Lipinski definition) is 5. The zero-order chi connectivity index (χ0) is 27.9. The number of carbonyl (C=O) groups excluding carboxylic acids is 1. The van der Waals surface area contributed by atoms with Gasteiger partial charge >= 0.3 is 5.69 Å². The number of carbonyl (C=O) groups is 1. The minimum atomic E-state index is -0.575. The molecule has 1 aliphatic rings. The number of nitrogens with zero attached hydrogens (tertiary/aromatic N) is 5. The summed E-state index contributed by atoms with van der Waals surface area (Å²) in [4.78, 5) is 48.9. The number of fused-ring (bicyclic) bond motifs is 1. The monoisotopic (exact) mass is 532 g/mol. The number of benzene rings is 2. The highest BCUT2D eigenvalue weighted by atomic mass is 19.1. The van der Waals surface area contributed by atoms with Crippen molar-refractivity contribution in [3.8, 4) is 0 Å². The van der Waals surface area contributed by atoms with Crippen LogP contribution in [-0.2, 0) is 30.2 Å². The summed E-state index contributed by atoms with van der Waals surface area (Å²) < 4.78 is 17.5. The molecule has 3 heterocycles. The second-order valence-corrected chi connectivity index (χ2v) is 11.1. The van der Waals surface area contributed by atoms with E-state index < -0.39 is 17.1 Å². The lowest BCUT2D eigenvalue weighted by molar-refractivity contribution is -0.130. The van der Waals surface area contributed by atoms with Crippen molar-refractivity contribution in [3.05, 3.63) is 91.9 Å². The number of anilines is 1. The SMILES string of the molecule is Cn1c(=O)[nH]c(=O)c2c1nc(N1CCN(C(=O)Cc3ccc(C(C)(C)C)cc3)CC1)n2Cc1ccccc1F. The van der Waals surface area contributed by atoms with Crippen LogP contribution < -0.4 is 16.1 Å². The first-order chi connectivity index (χ1) is 18.5. The van der Waals surface area contributed by atoms with E-state index in [9.17, 15) is 18.8 Å². The highest BCUT2D eigenvalue weighted by molar-refractivity contribution is 5.79. The third-order valence-corrected chi connectivity index (χ3v) is 7.36. The predicted octanol–water partition coefficient (Wildman–Crippen LogP) is 2.80. The van der Waals surface area contributed by atoms with Gasteiger partial charge in [0.05, 0.1) is 13.0 Å². The third kappa shape index (κ3) is 5.23. The van der Waals surface area contributed by atoms with Gasteiger partial charge in [-0.05, 0) is 22.6 Å². The van der Waals surface area contributed by atoms with Crippen molar-refractivity contribution >= 4 is 23.0 Å². The van der Waals surface area contributed by atoms with Crippen LogP contribution in [0.4, 0.5) is 10.3 Å². The lowest BCUT2D eigenvalue weighted by Crippen LogP contribution is -2.50. The van der Waals surface area contributed by atoms with Gasteiger partial charge in [-0.15, -0.1) is 0 Å². The van der Waals surface area contributed by atoms with Gasteiger partial charge in [0.15, 0.2) is 11.2 Å². The van der Waals surface area contributed by atoms with Crippen molar-refractivity contribution in [2.75, 3.05) is 31.1 Å². The lowest BCUT2D eigenvalue weighted by Gasteiger charge is -2.35. The van der Waals surface area contributed by atoms with Crippen LogP contribution in [0.3, 0.4) is 0 Å². The number of hydrogen-bond donors (Lipinski definition) is 1. The van der Waals surface area contributed by atoms with Crippen molar-refractivity contribution in [2.45, 2.75) is 39.2 Å². The van der Waals surface area contributed by atoms with Gasteiger partial charge in [0.2, 0.25) is 11.9 Å². The molecule has 0 unspecified atom stereocenters. The maximum absolute atomic E-state index is 14.6. The summed E-state index contributed by atoms with van der Waals surface area (Å²) >= 11 is 0. The van der Waals surface area contributed by atoms with Gasteiger partial charge in [-0.1, -0.05) is 63.2 Å². The Kier molecular flexibility index (Phi) is 6.88. The average Bonchev–Trinajstić information content (AvgIpc) is 3.28. The first-order valence-electron chi connectivity index (χ1n) is 13.1. The fourth-order valence-electron chi connectivity index (χ4n) is 4.98. The first kappa shape index (κ1) is 26.4. The average molecular weight is 533 g/mol. The van der Waals surface area contributed by atoms with E-state index in [0.29, 0.717) is 44.1 Å². The number of rotatable bonds is 5. The van der Waals surface area contributed by atoms with E-state index in [4.69, 9.17) is 0 Å². The molecule has 1 fully saturated rings. The normalized spacial score (nSPS) is 14.3. The summed E-state index contributed by atoms with van der Waals surface area (Å²) in [6.07, 6.45) is 0.327. The van der Waals surface area contributed by atoms with Crippen molar-refractivity contribution in [2.24, 2.45) is 7.05 Å². The summed E-state index contributed by atoms with van der Waals surface area (Å²) in [5, 5.41) is 0. The quantitative estimate of drug-likeness (QED) is 0.427. The van der Waals surface area contributed by atoms with Gasteiger partial charge in [-0.3, -0.25) is 23.7 Å². The molecule has 0 spiro atoms. The van der Waals surface area contributed by atoms with Crippen LogP contribution in [0.15, 0.2) is 58.1 Å². The van der Waals surface area contributed by atoms with Crippen molar-refractivity contribution < 1.29 is 9.18 Å². The van der Waals surface area contributed by atoms with Crippen molar-refractivity contribution in [3.63, 3.8) is 0 Å². The molecule has 1 saturated heterocycles. The van der Waals surface area contributed by atoms with Crippen LogP contribution >= 0.6 is 0 Å². The molecule has 0 bridgehead atoms. The molecule has 39 heavy (non-hydrogen) atoms. The smallest absolute Gasteiger partial charge is 0.329 e. The molecule has 1 N–H and O–H groups in total. The molecule has 2 aromatic carbocycles. The van der Waals surface area contributed by atoms with Gasteiger partial charge in [-0.2, -0.15) is 4.98 Å². The molecule has 10 heteroatoms. The number of imidazole rings is 1. The zero-order valence-corrected chi connectivity index (χ0v) is 22.7. The molecule has 0 aliphatic carbocycles. The van der Waals surface area contributed by atoms with E-state index in [2.05, 4.69) is 42.9 Å². The van der Waals surface area contributed by atoms with E-state index >= 15 is 0 Å². The fourth-order valence-corrected chi connectivity index (χ4v) is 4.98. The summed E-state index contributed by atoms with van der Waals surface area (Å²) in [6.45, 7) is 8.49. The first-order valence-corrected chi connectivity index (χ1v) is 13.1. The molecule has 204 valence electrons. The highest BCUT2D eigenvalue weighted by Crippen LogP contribution is 2.24. The lowest BCUT2D eigenvalue weighted by atomic mass is 9.86. The Hall–Kier alpha value is -4.21. The van der Waals surface area contributed by atoms with Gasteiger partial charge in [-0.25, -0.2) is 9.18 Å². The van der Waals surface area contributed by atoms with E-state index in [0.717, 1.165) is 5.56 Å². The summed E-state index contributed by atoms with van der Waals surface area (Å²) in [5.74, 6) is 0.124. The largest absolute Gasteiger partial charge is 0.339 e. The standard InChI is InChI=1S/C29H33FN6O3/c1-29(2,3)21-11-9-19(10-12-21)17-23(37)34-13-15-35(16-14-34)27-31-25-24(26(38)32-28(39)33(25)4)36(27)18-20-7-5-6-8-22(20)30/h5-12H,13-18H2,1-4H3,(H,32,38,39). The van der Waals surface area contributed by atoms with Crippen molar-refractivity contribution in [1.29, 1.82) is 0 Å². The number of halogens is 1. The second kappa shape index (κ2) is 10.2. The molecular weight excluding hydrogens is 499 g/mol. The van der Waals surface area contributed by atoms with Crippen molar-refractivity contribution in [1.82, 2.24) is 24.0 Å². The van der Waals surface area contributed by atoms with Crippen LogP contribution in [0.1, 0.15) is 37.5 Å². The van der Waals surface area contributed by atoms with Gasteiger partial charge in [0.1, 0.15) is 5.82 Å². The fraction of sp³-hybridized carbons (Fsp3) is 0.379. The highest BCUT2D eigenvalue weighted by Gasteiger charge is 2.27. The molecule has 2 aromatic heterocycles. The molecule has 5 rings (SSSR count). The van der Waals surface area contributed by atoms with Gasteiger partial charge < -0.3 is 9.80 Å². The number of H-pyrrole nitrogens is 1. The molecule has 4 aromatic rings. The minimum Gasteiger partial charge on any atom is -0.339 e. The van der Waals surface area contributed by atoms with Crippen LogP contribution in [0.5, 0.6) is 0 Å². The Morgan fingerprint density at radius 2 is 1.67 bits per heavy atom. The Balaban J connectivity index is 1.37. The number of aryl methyl sites for hydroxylation is 1. The summed E-state index contributed by atoms with van der Waals surface area (Å²) in [7, 11) is 1.54. The van der Waals surface area contributed by atoms with Crippen LogP contribution in [-0.4, -0.2) is 56.1 Å². The van der Waals surface area contributed by atoms with Gasteiger partial charge in [0, 0.05) is 38.8 Å². The van der Waals surface area contributed by atoms with E-state index in [1.165, 1.54) is 23.2 Å². The topological polar surface area (TPSA) is 96.2 Å². The molecule has 0 radical (unpaired) electrons. The molecular formula is C29H33FN6O3. The summed E-state index contributed by atoms with van der Waals surface area (Å²) in [6, 6.07) is 14.6. The van der Waals surface area contributed by atoms with Crippen LogP contribution in [0.25, 0.3) is 11.2 Å². The van der Waals surface area contributed by atoms with E-state index in [1.54, 1.807) is 22.8 Å². The zero-order valence-electron chi connectivity index (χ0n) is 22.7. The van der Waals surface area contributed by atoms with Crippen LogP contribution in [0.2, 0.25) is 0 Å². The minimum absolute atomic E-state index is 0.0526. The predicted molar refractivity (Wildman–Crippen MR) is 149 cm³/mol. The number of amides is 1. The summed E-state index contributed by atoms with van der Waals surface area (Å²) in [5.41, 5.74) is 1.94. The Bertz CT molecular complexity index is 1640. The number of nitrogens with one attached hydrogen (secondary N) is 1. The van der Waals surface area contributed by atoms with E-state index in [-0.39, 0.29) is 29.0 Å². The Morgan fingerprint density at radius 1 is 1.00 bits per heavy atom. The maximum Gasteiger partial charge on any atom is 0.329 e. The molecule has 9 nitrogen and oxygen atoms in total. The molecule has 0 saturated carbocycles. The number of piperazine rings is 1. The third-order valence-electron chi connectivity index (χ3n) is 7.36. The molecule has 0 atom stereocenters. The molecule has 1 amide bonds.